The van der Waals surface area contributed by atoms with Crippen molar-refractivity contribution >= 4 is 40.9 Å². The lowest BCUT2D eigenvalue weighted by atomic mass is 10.1. The molecule has 1 aromatic rings. The van der Waals surface area contributed by atoms with Gasteiger partial charge in [-0.15, -0.1) is 23.1 Å². The number of fused-ring (bicyclic) bond motifs is 1. The van der Waals surface area contributed by atoms with Crippen molar-refractivity contribution in [3.05, 3.63) is 22.4 Å². The summed E-state index contributed by atoms with van der Waals surface area (Å²) in [6, 6.07) is 3.07. The number of rotatable bonds is 4. The molecule has 134 valence electrons. The van der Waals surface area contributed by atoms with Crippen LogP contribution in [0, 0.1) is 0 Å². The Morgan fingerprint density at radius 1 is 1.32 bits per heavy atom. The third-order valence-corrected chi connectivity index (χ3v) is 6.77. The molecule has 0 aromatic carbocycles. The molecule has 2 atom stereocenters. The highest BCUT2D eigenvalue weighted by molar-refractivity contribution is 7.99. The van der Waals surface area contributed by atoms with Crippen LogP contribution in [0.2, 0.25) is 0 Å². The minimum atomic E-state index is -0.525. The van der Waals surface area contributed by atoms with Crippen LogP contribution in [0.1, 0.15) is 4.88 Å². The molecule has 3 fully saturated rings. The number of carbonyl (C=O) groups is 3. The molecule has 3 aliphatic rings. The maximum Gasteiger partial charge on any atom is 0.327 e. The number of nitrogens with zero attached hydrogens (tertiary/aromatic N) is 3. The molecule has 4 heterocycles. The summed E-state index contributed by atoms with van der Waals surface area (Å²) < 4.78 is 0. The van der Waals surface area contributed by atoms with Gasteiger partial charge in [-0.05, 0) is 17.9 Å². The summed E-state index contributed by atoms with van der Waals surface area (Å²) >= 11 is 3.33. The average Bonchev–Trinajstić information content (AvgIpc) is 3.36. The van der Waals surface area contributed by atoms with E-state index in [4.69, 9.17) is 0 Å². The molecule has 0 bridgehead atoms. The lowest BCUT2D eigenvalue weighted by Crippen LogP contribution is -2.57. The fourth-order valence-electron chi connectivity index (χ4n) is 3.51. The topological polar surface area (TPSA) is 73.0 Å². The second kappa shape index (κ2) is 6.97. The molecule has 7 nitrogen and oxygen atoms in total. The van der Waals surface area contributed by atoms with Gasteiger partial charge in [0, 0.05) is 36.1 Å². The second-order valence-corrected chi connectivity index (χ2v) is 8.43. The zero-order valence-electron chi connectivity index (χ0n) is 13.7. The number of urea groups is 1. The zero-order valence-corrected chi connectivity index (χ0v) is 15.4. The van der Waals surface area contributed by atoms with Gasteiger partial charge in [-0.3, -0.25) is 19.8 Å². The SMILES string of the molecule is O=C(C1CSCN1)N1CCN2C(=O)N(CCc3cccs3)C(=O)C2C1. The lowest BCUT2D eigenvalue weighted by molar-refractivity contribution is -0.137. The predicted octanol–water partition coefficient (Wildman–Crippen LogP) is 0.428. The van der Waals surface area contributed by atoms with Crippen LogP contribution in [0.25, 0.3) is 0 Å². The number of carbonyl (C=O) groups excluding carboxylic acids is 3. The van der Waals surface area contributed by atoms with Crippen molar-refractivity contribution in [1.29, 1.82) is 0 Å². The van der Waals surface area contributed by atoms with E-state index >= 15 is 0 Å². The van der Waals surface area contributed by atoms with E-state index in [2.05, 4.69) is 5.32 Å². The molecule has 0 saturated carbocycles. The molecule has 1 N–H and O–H groups in total. The first-order valence-electron chi connectivity index (χ1n) is 8.39. The van der Waals surface area contributed by atoms with Gasteiger partial charge >= 0.3 is 6.03 Å². The Hall–Kier alpha value is -1.58. The van der Waals surface area contributed by atoms with Gasteiger partial charge in [0.15, 0.2) is 0 Å². The van der Waals surface area contributed by atoms with Gasteiger partial charge in [0.25, 0.3) is 5.91 Å². The molecule has 3 aliphatic heterocycles. The van der Waals surface area contributed by atoms with Crippen molar-refractivity contribution in [2.75, 3.05) is 37.8 Å². The van der Waals surface area contributed by atoms with Crippen molar-refractivity contribution < 1.29 is 14.4 Å². The van der Waals surface area contributed by atoms with Crippen molar-refractivity contribution in [3.63, 3.8) is 0 Å². The van der Waals surface area contributed by atoms with E-state index in [0.29, 0.717) is 32.6 Å². The molecule has 4 amide bonds. The summed E-state index contributed by atoms with van der Waals surface area (Å²) in [5.74, 6) is 1.42. The van der Waals surface area contributed by atoms with Gasteiger partial charge < -0.3 is 9.80 Å². The molecular weight excluding hydrogens is 360 g/mol. The van der Waals surface area contributed by atoms with Gasteiger partial charge in [-0.2, -0.15) is 0 Å². The van der Waals surface area contributed by atoms with Crippen LogP contribution in [0.4, 0.5) is 4.79 Å². The number of hydrogen-bond acceptors (Lipinski definition) is 6. The number of amides is 4. The number of hydrogen-bond donors (Lipinski definition) is 1. The minimum absolute atomic E-state index is 0.0435. The first-order chi connectivity index (χ1) is 12.1. The largest absolute Gasteiger partial charge is 0.337 e. The molecule has 0 radical (unpaired) electrons. The van der Waals surface area contributed by atoms with E-state index in [9.17, 15) is 14.4 Å². The van der Waals surface area contributed by atoms with E-state index in [0.717, 1.165) is 16.5 Å². The minimum Gasteiger partial charge on any atom is -0.337 e. The first kappa shape index (κ1) is 16.9. The van der Waals surface area contributed by atoms with Crippen LogP contribution in [0.15, 0.2) is 17.5 Å². The predicted molar refractivity (Wildman–Crippen MR) is 96.5 cm³/mol. The fourth-order valence-corrected chi connectivity index (χ4v) is 5.14. The molecule has 9 heteroatoms. The Bertz CT molecular complexity index is 675. The van der Waals surface area contributed by atoms with Crippen LogP contribution in [-0.4, -0.2) is 82.4 Å². The summed E-state index contributed by atoms with van der Waals surface area (Å²) in [7, 11) is 0. The summed E-state index contributed by atoms with van der Waals surface area (Å²) in [6.07, 6.45) is 0.682. The van der Waals surface area contributed by atoms with E-state index < -0.39 is 6.04 Å². The van der Waals surface area contributed by atoms with Crippen molar-refractivity contribution in [2.24, 2.45) is 0 Å². The van der Waals surface area contributed by atoms with Crippen LogP contribution in [-0.2, 0) is 16.0 Å². The van der Waals surface area contributed by atoms with Gasteiger partial charge in [0.05, 0.1) is 12.6 Å². The normalized spacial score (nSPS) is 26.5. The highest BCUT2D eigenvalue weighted by atomic mass is 32.2. The maximum atomic E-state index is 12.7. The Morgan fingerprint density at radius 2 is 2.20 bits per heavy atom. The Balaban J connectivity index is 1.41. The number of imide groups is 1. The lowest BCUT2D eigenvalue weighted by Gasteiger charge is -2.36. The Morgan fingerprint density at radius 3 is 2.92 bits per heavy atom. The summed E-state index contributed by atoms with van der Waals surface area (Å²) in [5.41, 5.74) is 0. The van der Waals surface area contributed by atoms with Crippen LogP contribution >= 0.6 is 23.1 Å². The fraction of sp³-hybridized carbons (Fsp3) is 0.562. The van der Waals surface area contributed by atoms with E-state index in [1.165, 1.54) is 4.90 Å². The standard InChI is InChI=1S/C16H20N4O3S2/c21-14(12-9-24-10-17-12)18-5-6-19-13(8-18)15(22)20(16(19)23)4-3-11-2-1-7-25-11/h1-2,7,12-13,17H,3-6,8-10H2. The smallest absolute Gasteiger partial charge is 0.327 e. The zero-order chi connectivity index (χ0) is 17.4. The molecular formula is C16H20N4O3S2. The van der Waals surface area contributed by atoms with Crippen molar-refractivity contribution in [2.45, 2.75) is 18.5 Å². The van der Waals surface area contributed by atoms with E-state index in [1.54, 1.807) is 32.9 Å². The average molecular weight is 380 g/mol. The number of piperazine rings is 1. The molecule has 25 heavy (non-hydrogen) atoms. The summed E-state index contributed by atoms with van der Waals surface area (Å²) in [4.78, 5) is 43.7. The highest BCUT2D eigenvalue weighted by Crippen LogP contribution is 2.24. The van der Waals surface area contributed by atoms with Gasteiger partial charge in [-0.25, -0.2) is 4.79 Å². The highest BCUT2D eigenvalue weighted by Gasteiger charge is 2.48. The Labute approximate surface area is 154 Å². The number of thiophene rings is 1. The molecule has 0 spiro atoms. The summed E-state index contributed by atoms with van der Waals surface area (Å²) in [5, 5.41) is 5.17. The summed E-state index contributed by atoms with van der Waals surface area (Å²) in [6.45, 7) is 1.63. The van der Waals surface area contributed by atoms with Gasteiger partial charge in [-0.1, -0.05) is 6.07 Å². The van der Waals surface area contributed by atoms with Crippen LogP contribution in [0.5, 0.6) is 0 Å². The molecule has 0 aliphatic carbocycles. The number of thioether (sulfide) groups is 1. The monoisotopic (exact) mass is 380 g/mol. The third-order valence-electron chi connectivity index (χ3n) is 4.90. The maximum absolute atomic E-state index is 12.7. The molecule has 4 rings (SSSR count). The van der Waals surface area contributed by atoms with Gasteiger partial charge in [0.1, 0.15) is 6.04 Å². The Kier molecular flexibility index (Phi) is 4.70. The third kappa shape index (κ3) is 3.16. The van der Waals surface area contributed by atoms with Crippen LogP contribution < -0.4 is 5.32 Å². The van der Waals surface area contributed by atoms with Crippen LogP contribution in [0.3, 0.4) is 0 Å². The van der Waals surface area contributed by atoms with E-state index in [1.807, 2.05) is 17.5 Å². The molecule has 3 saturated heterocycles. The van der Waals surface area contributed by atoms with Gasteiger partial charge in [0.2, 0.25) is 5.91 Å². The van der Waals surface area contributed by atoms with Crippen molar-refractivity contribution in [1.82, 2.24) is 20.0 Å². The van der Waals surface area contributed by atoms with E-state index in [-0.39, 0.29) is 23.9 Å². The number of nitrogens with one attached hydrogen (secondary N) is 1. The van der Waals surface area contributed by atoms with Crippen molar-refractivity contribution in [3.8, 4) is 0 Å². The quantitative estimate of drug-likeness (QED) is 0.767. The molecule has 2 unspecified atom stereocenters. The first-order valence-corrected chi connectivity index (χ1v) is 10.4. The molecule has 1 aromatic heterocycles. The second-order valence-electron chi connectivity index (χ2n) is 6.37.